The second-order valence-electron chi connectivity index (χ2n) is 6.72. The van der Waals surface area contributed by atoms with Crippen LogP contribution in [0.2, 0.25) is 0 Å². The number of rotatable bonds is 2. The van der Waals surface area contributed by atoms with Crippen LogP contribution in [0.5, 0.6) is 0 Å². The van der Waals surface area contributed by atoms with Gasteiger partial charge in [-0.3, -0.25) is 14.5 Å². The predicted molar refractivity (Wildman–Crippen MR) is 103 cm³/mol. The van der Waals surface area contributed by atoms with Crippen molar-refractivity contribution in [1.82, 2.24) is 19.7 Å². The summed E-state index contributed by atoms with van der Waals surface area (Å²) in [6, 6.07) is 3.96. The Morgan fingerprint density at radius 3 is 2.58 bits per heavy atom. The summed E-state index contributed by atoms with van der Waals surface area (Å²) in [5.41, 5.74) is 18.6. The van der Waals surface area contributed by atoms with Gasteiger partial charge in [-0.1, -0.05) is 0 Å². The Labute approximate surface area is 150 Å². The van der Waals surface area contributed by atoms with Crippen molar-refractivity contribution in [3.8, 4) is 5.69 Å². The first kappa shape index (κ1) is 16.1. The van der Waals surface area contributed by atoms with Gasteiger partial charge in [-0.05, 0) is 56.5 Å². The molecule has 0 saturated carbocycles. The number of nitrogens with two attached hydrogens (primary N) is 2. The molecular formula is C19H20N6O. The van der Waals surface area contributed by atoms with Gasteiger partial charge in [0, 0.05) is 16.5 Å². The van der Waals surface area contributed by atoms with E-state index in [2.05, 4.69) is 10.2 Å². The molecule has 1 aromatic carbocycles. The number of hydrogen-bond acceptors (Lipinski definition) is 4. The monoisotopic (exact) mass is 348 g/mol. The summed E-state index contributed by atoms with van der Waals surface area (Å²) < 4.78 is 1.83. The Morgan fingerprint density at radius 2 is 1.88 bits per heavy atom. The zero-order valence-corrected chi connectivity index (χ0v) is 15.1. The highest BCUT2D eigenvalue weighted by molar-refractivity contribution is 6.11. The second-order valence-corrected chi connectivity index (χ2v) is 6.72. The molecule has 0 bridgehead atoms. The summed E-state index contributed by atoms with van der Waals surface area (Å²) >= 11 is 0. The number of nitrogens with zero attached hydrogens (tertiary/aromatic N) is 3. The average molecular weight is 348 g/mol. The predicted octanol–water partition coefficient (Wildman–Crippen LogP) is 2.82. The largest absolute Gasteiger partial charge is 0.384 e. The van der Waals surface area contributed by atoms with Crippen molar-refractivity contribution in [3.63, 3.8) is 0 Å². The van der Waals surface area contributed by atoms with E-state index in [-0.39, 0.29) is 0 Å². The van der Waals surface area contributed by atoms with Gasteiger partial charge in [0.2, 0.25) is 0 Å². The number of hydrogen-bond donors (Lipinski definition) is 3. The summed E-state index contributed by atoms with van der Waals surface area (Å²) in [6.45, 7) is 7.89. The first-order chi connectivity index (χ1) is 12.3. The van der Waals surface area contributed by atoms with Crippen LogP contribution >= 0.6 is 0 Å². The fourth-order valence-electron chi connectivity index (χ4n) is 3.66. The van der Waals surface area contributed by atoms with E-state index < -0.39 is 5.91 Å². The van der Waals surface area contributed by atoms with Crippen LogP contribution in [0.4, 0.5) is 5.82 Å². The Morgan fingerprint density at radius 1 is 1.15 bits per heavy atom. The van der Waals surface area contributed by atoms with E-state index in [0.29, 0.717) is 22.4 Å². The topological polar surface area (TPSA) is 116 Å². The Balaban J connectivity index is 2.21. The molecule has 4 aromatic rings. The minimum absolute atomic E-state index is 0.301. The zero-order valence-electron chi connectivity index (χ0n) is 15.1. The second kappa shape index (κ2) is 5.32. The first-order valence-corrected chi connectivity index (χ1v) is 8.32. The summed E-state index contributed by atoms with van der Waals surface area (Å²) in [4.78, 5) is 16.8. The van der Waals surface area contributed by atoms with Crippen LogP contribution in [0.15, 0.2) is 18.3 Å². The number of nitrogens with one attached hydrogen (secondary N) is 1. The number of aryl methyl sites for hydroxylation is 4. The molecular weight excluding hydrogens is 328 g/mol. The number of amides is 1. The number of benzene rings is 1. The van der Waals surface area contributed by atoms with Gasteiger partial charge in [-0.25, -0.2) is 4.98 Å². The van der Waals surface area contributed by atoms with Gasteiger partial charge in [0.15, 0.2) is 0 Å². The van der Waals surface area contributed by atoms with E-state index in [1.807, 2.05) is 44.4 Å². The van der Waals surface area contributed by atoms with Crippen LogP contribution < -0.4 is 11.5 Å². The lowest BCUT2D eigenvalue weighted by molar-refractivity contribution is 0.100. The average Bonchev–Trinajstić information content (AvgIpc) is 3.12. The number of nitrogen functional groups attached to an aromatic ring is 1. The normalized spacial score (nSPS) is 11.5. The Bertz CT molecular complexity index is 1210. The Hall–Kier alpha value is -3.35. The highest BCUT2D eigenvalue weighted by atomic mass is 16.1. The van der Waals surface area contributed by atoms with E-state index in [1.54, 1.807) is 6.20 Å². The molecule has 1 amide bonds. The standard InChI is InChI=1S/C19H20N6O/c1-8-6-13-14(18(21)26)17(20)25(19(13)23-11(8)4)16-9(2)5-12-7-22-24-15(12)10(16)3/h5-7H,20H2,1-4H3,(H2,21,26)(H,22,24). The van der Waals surface area contributed by atoms with Crippen LogP contribution in [-0.4, -0.2) is 25.7 Å². The van der Waals surface area contributed by atoms with Crippen LogP contribution in [-0.2, 0) is 0 Å². The lowest BCUT2D eigenvalue weighted by Crippen LogP contribution is -2.14. The molecule has 0 atom stereocenters. The molecule has 7 nitrogen and oxygen atoms in total. The highest BCUT2D eigenvalue weighted by Crippen LogP contribution is 2.35. The summed E-state index contributed by atoms with van der Waals surface area (Å²) in [7, 11) is 0. The third kappa shape index (κ3) is 2.03. The molecule has 26 heavy (non-hydrogen) atoms. The number of primary amides is 1. The van der Waals surface area contributed by atoms with Gasteiger partial charge in [0.05, 0.1) is 23.0 Å². The van der Waals surface area contributed by atoms with Crippen molar-refractivity contribution < 1.29 is 4.79 Å². The van der Waals surface area contributed by atoms with Crippen molar-refractivity contribution in [2.24, 2.45) is 5.73 Å². The lowest BCUT2D eigenvalue weighted by atomic mass is 10.0. The van der Waals surface area contributed by atoms with E-state index in [0.717, 1.165) is 39.0 Å². The van der Waals surface area contributed by atoms with Crippen molar-refractivity contribution >= 4 is 33.7 Å². The van der Waals surface area contributed by atoms with Crippen molar-refractivity contribution in [2.45, 2.75) is 27.7 Å². The molecule has 3 heterocycles. The van der Waals surface area contributed by atoms with Crippen molar-refractivity contribution in [1.29, 1.82) is 0 Å². The smallest absolute Gasteiger partial charge is 0.253 e. The number of H-pyrrole nitrogens is 1. The molecule has 0 aliphatic rings. The SMILES string of the molecule is Cc1cc2c(C(N)=O)c(N)n(-c3c(C)cc4cn[nH]c4c3C)c2nc1C. The van der Waals surface area contributed by atoms with E-state index >= 15 is 0 Å². The molecule has 0 aliphatic carbocycles. The number of pyridine rings is 1. The summed E-state index contributed by atoms with van der Waals surface area (Å²) in [6.07, 6.45) is 1.79. The van der Waals surface area contributed by atoms with Gasteiger partial charge in [-0.15, -0.1) is 0 Å². The minimum Gasteiger partial charge on any atom is -0.384 e. The maximum atomic E-state index is 12.1. The molecule has 7 heteroatoms. The molecule has 4 rings (SSSR count). The maximum absolute atomic E-state index is 12.1. The fraction of sp³-hybridized carbons (Fsp3) is 0.211. The third-order valence-corrected chi connectivity index (χ3v) is 5.04. The molecule has 3 aromatic heterocycles. The molecule has 0 unspecified atom stereocenters. The summed E-state index contributed by atoms with van der Waals surface area (Å²) in [5.74, 6) is -0.260. The highest BCUT2D eigenvalue weighted by Gasteiger charge is 2.24. The van der Waals surface area contributed by atoms with Gasteiger partial charge in [0.1, 0.15) is 11.5 Å². The Kier molecular flexibility index (Phi) is 3.30. The van der Waals surface area contributed by atoms with Crippen molar-refractivity contribution in [3.05, 3.63) is 46.3 Å². The van der Waals surface area contributed by atoms with Gasteiger partial charge in [-0.2, -0.15) is 5.10 Å². The number of aromatic amines is 1. The molecule has 132 valence electrons. The summed E-state index contributed by atoms with van der Waals surface area (Å²) in [5, 5.41) is 8.84. The molecule has 0 spiro atoms. The molecule has 0 radical (unpaired) electrons. The van der Waals surface area contributed by atoms with E-state index in [1.165, 1.54) is 0 Å². The molecule has 5 N–H and O–H groups in total. The number of carbonyl (C=O) groups excluding carboxylic acids is 1. The molecule has 0 aliphatic heterocycles. The number of anilines is 1. The third-order valence-electron chi connectivity index (χ3n) is 5.04. The van der Waals surface area contributed by atoms with Gasteiger partial charge in [0.25, 0.3) is 5.91 Å². The van der Waals surface area contributed by atoms with Crippen LogP contribution in [0.1, 0.15) is 32.7 Å². The van der Waals surface area contributed by atoms with Crippen LogP contribution in [0, 0.1) is 27.7 Å². The van der Waals surface area contributed by atoms with E-state index in [4.69, 9.17) is 16.5 Å². The maximum Gasteiger partial charge on any atom is 0.253 e. The minimum atomic E-state index is -0.561. The molecule has 0 saturated heterocycles. The fourth-order valence-corrected chi connectivity index (χ4v) is 3.66. The number of fused-ring (bicyclic) bond motifs is 2. The zero-order chi connectivity index (χ0) is 18.7. The van der Waals surface area contributed by atoms with Gasteiger partial charge < -0.3 is 11.5 Å². The number of carbonyl (C=O) groups is 1. The quantitative estimate of drug-likeness (QED) is 0.516. The van der Waals surface area contributed by atoms with E-state index in [9.17, 15) is 4.79 Å². The molecule has 0 fully saturated rings. The van der Waals surface area contributed by atoms with Gasteiger partial charge >= 0.3 is 0 Å². The first-order valence-electron chi connectivity index (χ1n) is 8.32. The van der Waals surface area contributed by atoms with Crippen LogP contribution in [0.3, 0.4) is 0 Å². The van der Waals surface area contributed by atoms with Crippen LogP contribution in [0.25, 0.3) is 27.6 Å². The lowest BCUT2D eigenvalue weighted by Gasteiger charge is -2.15. The number of aromatic nitrogens is 4. The van der Waals surface area contributed by atoms with Crippen molar-refractivity contribution in [2.75, 3.05) is 5.73 Å².